The summed E-state index contributed by atoms with van der Waals surface area (Å²) < 4.78 is 0. The van der Waals surface area contributed by atoms with Gasteiger partial charge in [0.05, 0.1) is 10.7 Å². The lowest BCUT2D eigenvalue weighted by atomic mass is 10.1. The molecule has 3 aromatic rings. The molecule has 0 bridgehead atoms. The minimum absolute atomic E-state index is 0. The van der Waals surface area contributed by atoms with Crippen molar-refractivity contribution in [1.29, 1.82) is 0 Å². The van der Waals surface area contributed by atoms with Crippen LogP contribution in [0.2, 0.25) is 5.02 Å². The molecule has 0 radical (unpaired) electrons. The molecular weight excluding hydrogens is 362 g/mol. The Kier molecular flexibility index (Phi) is 4.52. The largest absolute Gasteiger partial charge is 0.352 e. The van der Waals surface area contributed by atoms with Crippen LogP contribution in [0, 0.1) is 0 Å². The molecule has 4 rings (SSSR count). The highest BCUT2D eigenvalue weighted by Gasteiger charge is 2.31. The van der Waals surface area contributed by atoms with Gasteiger partial charge in [0.2, 0.25) is 5.91 Å². The van der Waals surface area contributed by atoms with Crippen LogP contribution in [0.25, 0.3) is 22.3 Å². The Morgan fingerprint density at radius 3 is 2.74 bits per heavy atom. The molecular formula is C20H24ClN5O. The van der Waals surface area contributed by atoms with Gasteiger partial charge in [-0.05, 0) is 32.0 Å². The number of aromatic nitrogens is 3. The third-order valence-corrected chi connectivity index (χ3v) is 5.32. The number of rotatable bonds is 2. The quantitative estimate of drug-likeness (QED) is 0.724. The molecule has 0 unspecified atom stereocenters. The number of halogens is 1. The Bertz CT molecular complexity index is 995. The Balaban J connectivity index is 0.00000225. The summed E-state index contributed by atoms with van der Waals surface area (Å²) in [7, 11) is 0. The van der Waals surface area contributed by atoms with E-state index < -0.39 is 0 Å². The van der Waals surface area contributed by atoms with Gasteiger partial charge in [-0.15, -0.1) is 0 Å². The third kappa shape index (κ3) is 3.25. The smallest absolute Gasteiger partial charge is 0.220 e. The number of nitrogens with zero attached hydrogens (tertiary/aromatic N) is 4. The number of carbonyl (C=O) groups is 1. The minimum Gasteiger partial charge on any atom is -0.352 e. The van der Waals surface area contributed by atoms with Crippen LogP contribution in [0.3, 0.4) is 0 Å². The van der Waals surface area contributed by atoms with Gasteiger partial charge in [0.25, 0.3) is 0 Å². The molecule has 1 amide bonds. The normalized spacial score (nSPS) is 20.3. The molecule has 1 fully saturated rings. The van der Waals surface area contributed by atoms with Crippen LogP contribution in [0.15, 0.2) is 36.7 Å². The SMILES string of the molecule is CC(=O)N1[C@H](C)CN(c2cccc(-c3c[nH]c4ncc(Cl)cc34)n2)C[C@@H]1C.[HH]. The summed E-state index contributed by atoms with van der Waals surface area (Å²) in [4.78, 5) is 28.5. The lowest BCUT2D eigenvalue weighted by Crippen LogP contribution is -2.58. The molecule has 7 heteroatoms. The van der Waals surface area contributed by atoms with Gasteiger partial charge in [-0.3, -0.25) is 4.79 Å². The van der Waals surface area contributed by atoms with Crippen molar-refractivity contribution in [2.45, 2.75) is 32.9 Å². The fourth-order valence-electron chi connectivity index (χ4n) is 4.07. The van der Waals surface area contributed by atoms with Crippen molar-refractivity contribution in [2.75, 3.05) is 18.0 Å². The molecule has 0 spiro atoms. The Morgan fingerprint density at radius 1 is 1.30 bits per heavy atom. The fourth-order valence-corrected chi connectivity index (χ4v) is 4.23. The zero-order valence-corrected chi connectivity index (χ0v) is 16.4. The summed E-state index contributed by atoms with van der Waals surface area (Å²) in [5.41, 5.74) is 2.64. The summed E-state index contributed by atoms with van der Waals surface area (Å²) in [6.07, 6.45) is 3.55. The highest BCUT2D eigenvalue weighted by molar-refractivity contribution is 6.31. The lowest BCUT2D eigenvalue weighted by molar-refractivity contribution is -0.133. The molecule has 0 aliphatic carbocycles. The average molecular weight is 386 g/mol. The van der Waals surface area contributed by atoms with E-state index in [1.165, 1.54) is 0 Å². The predicted molar refractivity (Wildman–Crippen MR) is 110 cm³/mol. The van der Waals surface area contributed by atoms with E-state index in [-0.39, 0.29) is 19.4 Å². The number of H-pyrrole nitrogens is 1. The van der Waals surface area contributed by atoms with Crippen molar-refractivity contribution >= 4 is 34.4 Å². The first-order valence-electron chi connectivity index (χ1n) is 9.08. The van der Waals surface area contributed by atoms with Crippen LogP contribution in [0.1, 0.15) is 22.2 Å². The average Bonchev–Trinajstić information content (AvgIpc) is 3.04. The summed E-state index contributed by atoms with van der Waals surface area (Å²) in [6.45, 7) is 7.34. The number of hydrogen-bond acceptors (Lipinski definition) is 4. The number of pyridine rings is 2. The number of fused-ring (bicyclic) bond motifs is 1. The Hall–Kier alpha value is -2.60. The van der Waals surface area contributed by atoms with Crippen LogP contribution >= 0.6 is 11.6 Å². The highest BCUT2D eigenvalue weighted by atomic mass is 35.5. The maximum atomic E-state index is 11.9. The van der Waals surface area contributed by atoms with E-state index in [9.17, 15) is 4.79 Å². The first kappa shape index (κ1) is 17.8. The predicted octanol–water partition coefficient (Wildman–Crippen LogP) is 3.97. The molecule has 4 heterocycles. The molecule has 27 heavy (non-hydrogen) atoms. The van der Waals surface area contributed by atoms with Crippen molar-refractivity contribution in [1.82, 2.24) is 19.9 Å². The second kappa shape index (κ2) is 6.85. The van der Waals surface area contributed by atoms with Crippen LogP contribution in [-0.2, 0) is 4.79 Å². The standard InChI is InChI=1S/C20H22ClN5O.H2/c1-12-10-25(11-13(2)26(12)14(3)27)19-6-4-5-18(24-19)17-9-23-20-16(17)7-15(21)8-22-20;/h4-9,12-13H,10-11H2,1-3H3,(H,22,23);1H/t12-,13+;. The van der Waals surface area contributed by atoms with Crippen LogP contribution in [0.4, 0.5) is 5.82 Å². The van der Waals surface area contributed by atoms with E-state index in [1.54, 1.807) is 13.1 Å². The zero-order valence-electron chi connectivity index (χ0n) is 15.6. The molecule has 1 saturated heterocycles. The topological polar surface area (TPSA) is 65.1 Å². The molecule has 142 valence electrons. The van der Waals surface area contributed by atoms with Crippen LogP contribution in [0.5, 0.6) is 0 Å². The number of amides is 1. The van der Waals surface area contributed by atoms with E-state index in [2.05, 4.69) is 28.7 Å². The number of hydrogen-bond donors (Lipinski definition) is 1. The first-order valence-corrected chi connectivity index (χ1v) is 9.45. The number of aromatic amines is 1. The maximum absolute atomic E-state index is 11.9. The Morgan fingerprint density at radius 2 is 2.04 bits per heavy atom. The summed E-state index contributed by atoms with van der Waals surface area (Å²) in [6, 6.07) is 8.22. The fraction of sp³-hybridized carbons (Fsp3) is 0.350. The van der Waals surface area contributed by atoms with Crippen molar-refractivity contribution in [3.8, 4) is 11.3 Å². The van der Waals surface area contributed by atoms with Gasteiger partial charge in [0, 0.05) is 56.9 Å². The first-order chi connectivity index (χ1) is 12.9. The Labute approximate surface area is 164 Å². The number of anilines is 1. The van der Waals surface area contributed by atoms with Crippen molar-refractivity contribution in [2.24, 2.45) is 0 Å². The lowest BCUT2D eigenvalue weighted by Gasteiger charge is -2.44. The summed E-state index contributed by atoms with van der Waals surface area (Å²) in [5.74, 6) is 1.04. The van der Waals surface area contributed by atoms with Crippen molar-refractivity contribution < 1.29 is 6.22 Å². The summed E-state index contributed by atoms with van der Waals surface area (Å²) >= 11 is 6.12. The number of nitrogens with one attached hydrogen (secondary N) is 1. The van der Waals surface area contributed by atoms with Crippen molar-refractivity contribution in [3.05, 3.63) is 41.7 Å². The van der Waals surface area contributed by atoms with Gasteiger partial charge in [0.15, 0.2) is 0 Å². The van der Waals surface area contributed by atoms with Crippen LogP contribution < -0.4 is 4.90 Å². The van der Waals surface area contributed by atoms with E-state index in [0.717, 1.165) is 41.2 Å². The van der Waals surface area contributed by atoms with Crippen LogP contribution in [-0.4, -0.2) is 50.9 Å². The van der Waals surface area contributed by atoms with Gasteiger partial charge in [-0.1, -0.05) is 17.7 Å². The maximum Gasteiger partial charge on any atom is 0.220 e. The molecule has 1 aliphatic heterocycles. The third-order valence-electron chi connectivity index (χ3n) is 5.11. The summed E-state index contributed by atoms with van der Waals surface area (Å²) in [5, 5.41) is 1.55. The molecule has 1 N–H and O–H groups in total. The molecule has 3 aromatic heterocycles. The molecule has 0 saturated carbocycles. The van der Waals surface area contributed by atoms with Gasteiger partial charge in [-0.2, -0.15) is 0 Å². The van der Waals surface area contributed by atoms with Gasteiger partial charge in [0.1, 0.15) is 11.5 Å². The van der Waals surface area contributed by atoms with Gasteiger partial charge < -0.3 is 14.8 Å². The van der Waals surface area contributed by atoms with Crippen molar-refractivity contribution in [3.63, 3.8) is 0 Å². The molecule has 6 nitrogen and oxygen atoms in total. The van der Waals surface area contributed by atoms with Gasteiger partial charge in [-0.25, -0.2) is 9.97 Å². The number of piperazine rings is 1. The second-order valence-corrected chi connectivity index (χ2v) is 7.60. The van der Waals surface area contributed by atoms with E-state index in [0.29, 0.717) is 5.02 Å². The second-order valence-electron chi connectivity index (χ2n) is 7.16. The molecule has 0 aromatic carbocycles. The monoisotopic (exact) mass is 385 g/mol. The van der Waals surface area contributed by atoms with E-state index in [4.69, 9.17) is 16.6 Å². The van der Waals surface area contributed by atoms with E-state index in [1.807, 2.05) is 35.4 Å². The number of carbonyl (C=O) groups excluding carboxylic acids is 1. The minimum atomic E-state index is 0. The van der Waals surface area contributed by atoms with Gasteiger partial charge >= 0.3 is 0 Å². The molecule has 2 atom stereocenters. The zero-order chi connectivity index (χ0) is 19.1. The molecule has 1 aliphatic rings. The highest BCUT2D eigenvalue weighted by Crippen LogP contribution is 2.30. The van der Waals surface area contributed by atoms with E-state index >= 15 is 0 Å².